The lowest BCUT2D eigenvalue weighted by Crippen LogP contribution is -2.14. The van der Waals surface area contributed by atoms with Crippen molar-refractivity contribution in [3.05, 3.63) is 83.7 Å². The lowest BCUT2D eigenvalue weighted by molar-refractivity contribution is -0.115. The van der Waals surface area contributed by atoms with Gasteiger partial charge in [0.1, 0.15) is 11.6 Å². The van der Waals surface area contributed by atoms with Gasteiger partial charge in [0.25, 0.3) is 0 Å². The molecule has 3 aromatic rings. The lowest BCUT2D eigenvalue weighted by atomic mass is 10.1. The molecule has 0 aliphatic carbocycles. The fourth-order valence-corrected chi connectivity index (χ4v) is 2.54. The number of nitrogens with one attached hydrogen (secondary N) is 2. The number of anilines is 1. The van der Waals surface area contributed by atoms with Gasteiger partial charge in [0.15, 0.2) is 11.6 Å². The Labute approximate surface area is 160 Å². The van der Waals surface area contributed by atoms with E-state index in [1.165, 1.54) is 42.6 Å². The Balaban J connectivity index is 1.67. The van der Waals surface area contributed by atoms with E-state index in [1.807, 2.05) is 0 Å². The Bertz CT molecular complexity index is 991. The molecule has 1 heterocycles. The summed E-state index contributed by atoms with van der Waals surface area (Å²) >= 11 is 0. The molecule has 1 amide bonds. The summed E-state index contributed by atoms with van der Waals surface area (Å²) in [6, 6.07) is 13.0. The molecule has 5 nitrogen and oxygen atoms in total. The summed E-state index contributed by atoms with van der Waals surface area (Å²) in [6.07, 6.45) is 3.07. The maximum Gasteiger partial charge on any atom is 0.228 e. The number of pyridine rings is 1. The van der Waals surface area contributed by atoms with Gasteiger partial charge in [-0.2, -0.15) is 0 Å². The van der Waals surface area contributed by atoms with E-state index in [9.17, 15) is 13.6 Å². The van der Waals surface area contributed by atoms with Crippen LogP contribution in [0.2, 0.25) is 0 Å². The summed E-state index contributed by atoms with van der Waals surface area (Å²) in [5, 5.41) is 9.79. The Morgan fingerprint density at radius 2 is 1.89 bits per heavy atom. The first-order valence-corrected chi connectivity index (χ1v) is 8.49. The third kappa shape index (κ3) is 4.97. The highest BCUT2D eigenvalue weighted by molar-refractivity contribution is 5.92. The van der Waals surface area contributed by atoms with Crippen molar-refractivity contribution in [2.45, 2.75) is 12.8 Å². The summed E-state index contributed by atoms with van der Waals surface area (Å²) in [4.78, 5) is 16.2. The molecule has 0 saturated carbocycles. The van der Waals surface area contributed by atoms with E-state index in [1.54, 1.807) is 18.3 Å². The molecule has 1 aromatic heterocycles. The first-order chi connectivity index (χ1) is 13.5. The number of ether oxygens (including phenoxy) is 1. The molecule has 142 valence electrons. The molecule has 0 fully saturated rings. The predicted molar refractivity (Wildman–Crippen MR) is 102 cm³/mol. The molecule has 0 saturated heterocycles. The van der Waals surface area contributed by atoms with Gasteiger partial charge < -0.3 is 15.5 Å². The van der Waals surface area contributed by atoms with Crippen LogP contribution in [0.25, 0.3) is 0 Å². The smallest absolute Gasteiger partial charge is 0.228 e. The van der Waals surface area contributed by atoms with Crippen molar-refractivity contribution in [1.82, 2.24) is 4.98 Å². The average molecular weight is 381 g/mol. The monoisotopic (exact) mass is 381 g/mol. The minimum atomic E-state index is -0.649. The molecule has 3 rings (SSSR count). The van der Waals surface area contributed by atoms with Crippen LogP contribution in [0.15, 0.2) is 60.8 Å². The van der Waals surface area contributed by atoms with Crippen LogP contribution < -0.4 is 10.1 Å². The molecule has 28 heavy (non-hydrogen) atoms. The van der Waals surface area contributed by atoms with Gasteiger partial charge >= 0.3 is 0 Å². The number of amides is 1. The number of rotatable bonds is 7. The van der Waals surface area contributed by atoms with Crippen molar-refractivity contribution in [1.29, 1.82) is 5.41 Å². The first kappa shape index (κ1) is 19.2. The summed E-state index contributed by atoms with van der Waals surface area (Å²) in [5.41, 5.74) is 1.45. The van der Waals surface area contributed by atoms with Crippen molar-refractivity contribution >= 4 is 17.8 Å². The van der Waals surface area contributed by atoms with E-state index in [0.29, 0.717) is 17.0 Å². The average Bonchev–Trinajstić information content (AvgIpc) is 2.67. The van der Waals surface area contributed by atoms with E-state index in [4.69, 9.17) is 10.1 Å². The van der Waals surface area contributed by atoms with Gasteiger partial charge in [0.2, 0.25) is 5.91 Å². The highest BCUT2D eigenvalue weighted by Gasteiger charge is 2.11. The summed E-state index contributed by atoms with van der Waals surface area (Å²) < 4.78 is 32.9. The summed E-state index contributed by atoms with van der Waals surface area (Å²) in [6.45, 7) is 0. The van der Waals surface area contributed by atoms with Gasteiger partial charge in [-0.1, -0.05) is 12.1 Å². The molecule has 0 unspecified atom stereocenters. The van der Waals surface area contributed by atoms with Crippen molar-refractivity contribution in [2.75, 3.05) is 5.32 Å². The first-order valence-electron chi connectivity index (χ1n) is 8.49. The normalized spacial score (nSPS) is 10.4. The Hall–Kier alpha value is -3.61. The van der Waals surface area contributed by atoms with Crippen molar-refractivity contribution in [2.24, 2.45) is 0 Å². The van der Waals surface area contributed by atoms with Crippen molar-refractivity contribution in [3.8, 4) is 11.5 Å². The number of halogens is 2. The van der Waals surface area contributed by atoms with Gasteiger partial charge in [-0.05, 0) is 42.0 Å². The zero-order valence-corrected chi connectivity index (χ0v) is 14.8. The Morgan fingerprint density at radius 3 is 2.61 bits per heavy atom. The maximum atomic E-state index is 14.4. The molecule has 0 atom stereocenters. The van der Waals surface area contributed by atoms with Crippen molar-refractivity contribution < 1.29 is 18.3 Å². The Morgan fingerprint density at radius 1 is 1.11 bits per heavy atom. The van der Waals surface area contributed by atoms with Gasteiger partial charge in [0.05, 0.1) is 12.1 Å². The van der Waals surface area contributed by atoms with Gasteiger partial charge in [-0.25, -0.2) is 8.78 Å². The van der Waals surface area contributed by atoms with E-state index < -0.39 is 5.82 Å². The number of aromatic nitrogens is 1. The number of nitrogens with zero attached hydrogens (tertiary/aromatic N) is 1. The van der Waals surface area contributed by atoms with E-state index in [2.05, 4.69) is 10.3 Å². The number of benzene rings is 2. The topological polar surface area (TPSA) is 75.1 Å². The second-order valence-corrected chi connectivity index (χ2v) is 5.96. The molecule has 2 N–H and O–H groups in total. The quantitative estimate of drug-likeness (QED) is 0.591. The third-order valence-electron chi connectivity index (χ3n) is 3.86. The molecular formula is C21H17F2N3O2. The second kappa shape index (κ2) is 8.85. The van der Waals surface area contributed by atoms with Crippen LogP contribution >= 0.6 is 0 Å². The van der Waals surface area contributed by atoms with Crippen LogP contribution in [0.3, 0.4) is 0 Å². The predicted octanol–water partition coefficient (Wildman–Crippen LogP) is 4.53. The third-order valence-corrected chi connectivity index (χ3v) is 3.86. The molecule has 7 heteroatoms. The SMILES string of the molecule is N=CCc1ncccc1Oc1ccc(NC(=O)Cc2ccc(F)cc2)cc1F. The van der Waals surface area contributed by atoms with Crippen LogP contribution in [-0.2, 0) is 17.6 Å². The minimum absolute atomic E-state index is 0.0178. The largest absolute Gasteiger partial charge is 0.452 e. The van der Waals surface area contributed by atoms with Crippen LogP contribution in [0.4, 0.5) is 14.5 Å². The fourth-order valence-electron chi connectivity index (χ4n) is 2.54. The van der Waals surface area contributed by atoms with E-state index >= 15 is 0 Å². The lowest BCUT2D eigenvalue weighted by Gasteiger charge is -2.11. The number of hydrogen-bond acceptors (Lipinski definition) is 4. The highest BCUT2D eigenvalue weighted by Crippen LogP contribution is 2.28. The zero-order chi connectivity index (χ0) is 19.9. The number of carbonyl (C=O) groups is 1. The standard InChI is InChI=1S/C21H17F2N3O2/c22-15-5-3-14(4-6-15)12-21(27)26-16-7-8-19(17(23)13-16)28-20-2-1-11-25-18(20)9-10-24/h1-8,10-11,13,24H,9,12H2,(H,26,27). The number of hydrogen-bond donors (Lipinski definition) is 2. The highest BCUT2D eigenvalue weighted by atomic mass is 19.1. The molecule has 0 radical (unpaired) electrons. The van der Waals surface area contributed by atoms with Gasteiger partial charge in [-0.15, -0.1) is 0 Å². The molecule has 0 aliphatic heterocycles. The zero-order valence-electron chi connectivity index (χ0n) is 14.8. The molecule has 0 aliphatic rings. The van der Waals surface area contributed by atoms with E-state index in [0.717, 1.165) is 6.07 Å². The minimum Gasteiger partial charge on any atom is -0.452 e. The summed E-state index contributed by atoms with van der Waals surface area (Å²) in [7, 11) is 0. The van der Waals surface area contributed by atoms with Crippen LogP contribution in [0.1, 0.15) is 11.3 Å². The molecule has 0 spiro atoms. The maximum absolute atomic E-state index is 14.4. The van der Waals surface area contributed by atoms with Crippen LogP contribution in [0.5, 0.6) is 11.5 Å². The molecular weight excluding hydrogens is 364 g/mol. The van der Waals surface area contributed by atoms with Crippen molar-refractivity contribution in [3.63, 3.8) is 0 Å². The molecule has 0 bridgehead atoms. The Kier molecular flexibility index (Phi) is 6.06. The fraction of sp³-hybridized carbons (Fsp3) is 0.0952. The number of carbonyl (C=O) groups excluding carboxylic acids is 1. The second-order valence-electron chi connectivity index (χ2n) is 5.96. The van der Waals surface area contributed by atoms with Gasteiger partial charge in [0, 0.05) is 30.6 Å². The van der Waals surface area contributed by atoms with Crippen LogP contribution in [-0.4, -0.2) is 17.1 Å². The molecule has 2 aromatic carbocycles. The van der Waals surface area contributed by atoms with Crippen LogP contribution in [0, 0.1) is 17.0 Å². The summed E-state index contributed by atoms with van der Waals surface area (Å²) in [5.74, 6) is -1.03. The van der Waals surface area contributed by atoms with E-state index in [-0.39, 0.29) is 36.0 Å². The van der Waals surface area contributed by atoms with Gasteiger partial charge in [-0.3, -0.25) is 9.78 Å².